The summed E-state index contributed by atoms with van der Waals surface area (Å²) >= 11 is 6.21. The van der Waals surface area contributed by atoms with Crippen LogP contribution in [-0.2, 0) is 11.3 Å². The van der Waals surface area contributed by atoms with Crippen molar-refractivity contribution in [2.75, 3.05) is 14.2 Å². The van der Waals surface area contributed by atoms with Gasteiger partial charge in [0.2, 0.25) is 5.91 Å². The molecule has 0 aromatic heterocycles. The molecular weight excluding hydrogens is 346 g/mol. The van der Waals surface area contributed by atoms with Gasteiger partial charge < -0.3 is 9.64 Å². The summed E-state index contributed by atoms with van der Waals surface area (Å²) in [6, 6.07) is 19.7. The van der Waals surface area contributed by atoms with Crippen LogP contribution in [0, 0.1) is 0 Å². The van der Waals surface area contributed by atoms with E-state index in [1.54, 1.807) is 12.0 Å². The number of carbonyl (C=O) groups excluding carboxylic acids is 1. The lowest BCUT2D eigenvalue weighted by Gasteiger charge is -2.22. The van der Waals surface area contributed by atoms with E-state index in [9.17, 15) is 4.79 Å². The predicted octanol–water partition coefficient (Wildman–Crippen LogP) is 5.26. The molecule has 134 valence electrons. The molecule has 0 aliphatic rings. The first kappa shape index (κ1) is 18.3. The summed E-state index contributed by atoms with van der Waals surface area (Å²) in [5.74, 6) is 0.667. The molecule has 3 aromatic rings. The van der Waals surface area contributed by atoms with Gasteiger partial charge in [0.05, 0.1) is 13.0 Å². The first-order valence-corrected chi connectivity index (χ1v) is 8.93. The van der Waals surface area contributed by atoms with Gasteiger partial charge in [-0.1, -0.05) is 54.1 Å². The number of carbonyl (C=O) groups is 1. The van der Waals surface area contributed by atoms with Crippen molar-refractivity contribution in [3.8, 4) is 5.75 Å². The van der Waals surface area contributed by atoms with E-state index in [1.165, 1.54) is 0 Å². The summed E-state index contributed by atoms with van der Waals surface area (Å²) in [7, 11) is 3.47. The molecule has 3 nitrogen and oxygen atoms in total. The zero-order chi connectivity index (χ0) is 18.7. The van der Waals surface area contributed by atoms with E-state index in [0.717, 1.165) is 27.6 Å². The second kappa shape index (κ2) is 7.79. The van der Waals surface area contributed by atoms with Crippen molar-refractivity contribution in [3.05, 3.63) is 76.8 Å². The Kier molecular flexibility index (Phi) is 5.48. The number of rotatable bonds is 5. The maximum Gasteiger partial charge on any atom is 0.229 e. The number of methoxy groups -OCH3 is 1. The minimum atomic E-state index is -0.228. The molecular formula is C22H22ClNO2. The smallest absolute Gasteiger partial charge is 0.229 e. The van der Waals surface area contributed by atoms with Crippen LogP contribution in [0.4, 0.5) is 0 Å². The first-order valence-electron chi connectivity index (χ1n) is 8.55. The summed E-state index contributed by atoms with van der Waals surface area (Å²) in [5, 5.41) is 2.87. The summed E-state index contributed by atoms with van der Waals surface area (Å²) < 4.78 is 5.26. The van der Waals surface area contributed by atoms with Crippen LogP contribution in [0.5, 0.6) is 5.75 Å². The quantitative estimate of drug-likeness (QED) is 0.615. The SMILES string of the molecule is COc1ccc2cc(C(C)C(=O)N(C)Cc3ccccc3Cl)ccc2c1. The van der Waals surface area contributed by atoms with E-state index in [0.29, 0.717) is 11.6 Å². The third-order valence-electron chi connectivity index (χ3n) is 4.68. The lowest BCUT2D eigenvalue weighted by molar-refractivity contribution is -0.131. The molecule has 26 heavy (non-hydrogen) atoms. The van der Waals surface area contributed by atoms with Gasteiger partial charge in [-0.05, 0) is 47.0 Å². The van der Waals surface area contributed by atoms with Gasteiger partial charge in [-0.15, -0.1) is 0 Å². The van der Waals surface area contributed by atoms with Crippen molar-refractivity contribution in [2.24, 2.45) is 0 Å². The molecule has 0 spiro atoms. The summed E-state index contributed by atoms with van der Waals surface area (Å²) in [6.45, 7) is 2.43. The maximum absolute atomic E-state index is 12.9. The van der Waals surface area contributed by atoms with Crippen molar-refractivity contribution in [1.29, 1.82) is 0 Å². The number of amides is 1. The highest BCUT2D eigenvalue weighted by Gasteiger charge is 2.20. The highest BCUT2D eigenvalue weighted by Crippen LogP contribution is 2.26. The normalized spacial score (nSPS) is 12.0. The van der Waals surface area contributed by atoms with Crippen LogP contribution in [0.3, 0.4) is 0 Å². The molecule has 3 rings (SSSR count). The summed E-state index contributed by atoms with van der Waals surface area (Å²) in [6.07, 6.45) is 0. The van der Waals surface area contributed by atoms with Crippen LogP contribution >= 0.6 is 11.6 Å². The Bertz CT molecular complexity index is 938. The number of hydrogen-bond donors (Lipinski definition) is 0. The van der Waals surface area contributed by atoms with E-state index >= 15 is 0 Å². The van der Waals surface area contributed by atoms with Crippen molar-refractivity contribution in [1.82, 2.24) is 4.90 Å². The Hall–Kier alpha value is -2.52. The maximum atomic E-state index is 12.9. The van der Waals surface area contributed by atoms with Crippen LogP contribution < -0.4 is 4.74 Å². The minimum absolute atomic E-state index is 0.0674. The zero-order valence-electron chi connectivity index (χ0n) is 15.2. The van der Waals surface area contributed by atoms with Gasteiger partial charge in [-0.25, -0.2) is 0 Å². The molecule has 0 heterocycles. The molecule has 0 saturated carbocycles. The number of halogens is 1. The topological polar surface area (TPSA) is 29.5 Å². The van der Waals surface area contributed by atoms with E-state index in [2.05, 4.69) is 6.07 Å². The minimum Gasteiger partial charge on any atom is -0.497 e. The molecule has 4 heteroatoms. The molecule has 0 saturated heterocycles. The fraction of sp³-hybridized carbons (Fsp3) is 0.227. The molecule has 0 radical (unpaired) electrons. The monoisotopic (exact) mass is 367 g/mol. The Balaban J connectivity index is 1.79. The van der Waals surface area contributed by atoms with Gasteiger partial charge in [0.1, 0.15) is 5.75 Å². The molecule has 1 amide bonds. The number of fused-ring (bicyclic) bond motifs is 1. The van der Waals surface area contributed by atoms with Crippen molar-refractivity contribution < 1.29 is 9.53 Å². The van der Waals surface area contributed by atoms with Gasteiger partial charge in [-0.3, -0.25) is 4.79 Å². The van der Waals surface area contributed by atoms with Crippen LogP contribution in [0.25, 0.3) is 10.8 Å². The van der Waals surface area contributed by atoms with Gasteiger partial charge in [0.25, 0.3) is 0 Å². The van der Waals surface area contributed by atoms with E-state index in [4.69, 9.17) is 16.3 Å². The third kappa shape index (κ3) is 3.83. The number of ether oxygens (including phenoxy) is 1. The van der Waals surface area contributed by atoms with Crippen molar-refractivity contribution in [2.45, 2.75) is 19.4 Å². The Morgan fingerprint density at radius 1 is 1.08 bits per heavy atom. The average molecular weight is 368 g/mol. The predicted molar refractivity (Wildman–Crippen MR) is 107 cm³/mol. The molecule has 0 bridgehead atoms. The van der Waals surface area contributed by atoms with Gasteiger partial charge in [0, 0.05) is 18.6 Å². The fourth-order valence-electron chi connectivity index (χ4n) is 3.07. The van der Waals surface area contributed by atoms with Crippen molar-refractivity contribution in [3.63, 3.8) is 0 Å². The second-order valence-corrected chi connectivity index (χ2v) is 6.89. The van der Waals surface area contributed by atoms with E-state index in [1.807, 2.05) is 68.6 Å². The number of benzene rings is 3. The second-order valence-electron chi connectivity index (χ2n) is 6.48. The van der Waals surface area contributed by atoms with Crippen LogP contribution in [0.2, 0.25) is 5.02 Å². The molecule has 3 aromatic carbocycles. The molecule has 0 N–H and O–H groups in total. The van der Waals surface area contributed by atoms with E-state index < -0.39 is 0 Å². The molecule has 1 atom stereocenters. The fourth-order valence-corrected chi connectivity index (χ4v) is 3.27. The highest BCUT2D eigenvalue weighted by atomic mass is 35.5. The average Bonchev–Trinajstić information content (AvgIpc) is 2.67. The molecule has 0 aliphatic heterocycles. The first-order chi connectivity index (χ1) is 12.5. The molecule has 1 unspecified atom stereocenters. The summed E-state index contributed by atoms with van der Waals surface area (Å²) in [5.41, 5.74) is 1.95. The van der Waals surface area contributed by atoms with Crippen LogP contribution in [-0.4, -0.2) is 25.0 Å². The highest BCUT2D eigenvalue weighted by molar-refractivity contribution is 6.31. The van der Waals surface area contributed by atoms with E-state index in [-0.39, 0.29) is 11.8 Å². The molecule has 0 aliphatic carbocycles. The van der Waals surface area contributed by atoms with Crippen LogP contribution in [0.15, 0.2) is 60.7 Å². The number of nitrogens with zero attached hydrogens (tertiary/aromatic N) is 1. The Morgan fingerprint density at radius 2 is 1.77 bits per heavy atom. The third-order valence-corrected chi connectivity index (χ3v) is 5.05. The Morgan fingerprint density at radius 3 is 2.50 bits per heavy atom. The zero-order valence-corrected chi connectivity index (χ0v) is 16.0. The van der Waals surface area contributed by atoms with Gasteiger partial charge in [0.15, 0.2) is 0 Å². The van der Waals surface area contributed by atoms with Crippen molar-refractivity contribution >= 4 is 28.3 Å². The standard InChI is InChI=1S/C22H22ClNO2/c1-15(22(25)24(2)14-19-6-4-5-7-21(19)23)16-8-9-18-13-20(26-3)11-10-17(18)12-16/h4-13,15H,14H2,1-3H3. The number of hydrogen-bond acceptors (Lipinski definition) is 2. The summed E-state index contributed by atoms with van der Waals surface area (Å²) in [4.78, 5) is 14.6. The largest absolute Gasteiger partial charge is 0.497 e. The Labute approximate surface area is 159 Å². The number of likely N-dealkylation sites (N-methyl/N-ethyl adjacent to an activating group) is 1. The van der Waals surface area contributed by atoms with Crippen LogP contribution in [0.1, 0.15) is 24.0 Å². The van der Waals surface area contributed by atoms with Gasteiger partial charge >= 0.3 is 0 Å². The molecule has 0 fully saturated rings. The van der Waals surface area contributed by atoms with Gasteiger partial charge in [-0.2, -0.15) is 0 Å². The lowest BCUT2D eigenvalue weighted by atomic mass is 9.96. The lowest BCUT2D eigenvalue weighted by Crippen LogP contribution is -2.30.